The number of thioether (sulfide) groups is 1. The summed E-state index contributed by atoms with van der Waals surface area (Å²) in [7, 11) is 0. The minimum atomic E-state index is -0.516. The van der Waals surface area contributed by atoms with Crippen molar-refractivity contribution in [3.8, 4) is 11.3 Å². The monoisotopic (exact) mass is 510 g/mol. The molecule has 0 unspecified atom stereocenters. The van der Waals surface area contributed by atoms with E-state index in [0.717, 1.165) is 37.8 Å². The Kier molecular flexibility index (Phi) is 6.34. The van der Waals surface area contributed by atoms with Crippen molar-refractivity contribution in [1.82, 2.24) is 4.90 Å². The van der Waals surface area contributed by atoms with Gasteiger partial charge in [0.1, 0.15) is 18.1 Å². The summed E-state index contributed by atoms with van der Waals surface area (Å²) in [4.78, 5) is 38.8. The molecular formula is C24H19BrN2O4S. The number of nitrogens with zero attached hydrogens (tertiary/aromatic N) is 1. The van der Waals surface area contributed by atoms with Crippen LogP contribution in [0.5, 0.6) is 0 Å². The molecule has 1 aromatic heterocycles. The standard InChI is InChI=1S/C24H19BrN2O4S/c1-14-4-3-5-15(2)22(14)26-21(28)13-27-23(29)20(32-24(27)30)12-18-10-11-19(31-18)16-6-8-17(25)9-7-16/h3-12H,13H2,1-2H3,(H,26,28)/b20-12+. The Morgan fingerprint density at radius 3 is 2.44 bits per heavy atom. The lowest BCUT2D eigenvalue weighted by Gasteiger charge is -2.15. The summed E-state index contributed by atoms with van der Waals surface area (Å²) in [6, 6.07) is 16.9. The van der Waals surface area contributed by atoms with Crippen LogP contribution >= 0.6 is 27.7 Å². The van der Waals surface area contributed by atoms with Crippen LogP contribution < -0.4 is 5.32 Å². The Morgan fingerprint density at radius 2 is 1.75 bits per heavy atom. The molecule has 162 valence electrons. The highest BCUT2D eigenvalue weighted by Crippen LogP contribution is 2.33. The molecule has 1 fully saturated rings. The summed E-state index contributed by atoms with van der Waals surface area (Å²) in [5.74, 6) is 0.157. The number of furan rings is 1. The lowest BCUT2D eigenvalue weighted by molar-refractivity contribution is -0.127. The van der Waals surface area contributed by atoms with Crippen molar-refractivity contribution in [2.45, 2.75) is 13.8 Å². The molecule has 8 heteroatoms. The quantitative estimate of drug-likeness (QED) is 0.425. The number of carbonyl (C=O) groups is 3. The molecule has 0 saturated carbocycles. The number of benzene rings is 2. The molecule has 4 rings (SSSR count). The molecule has 32 heavy (non-hydrogen) atoms. The van der Waals surface area contributed by atoms with Gasteiger partial charge in [0.25, 0.3) is 11.1 Å². The number of para-hydroxylation sites is 1. The molecule has 6 nitrogen and oxygen atoms in total. The lowest BCUT2D eigenvalue weighted by Crippen LogP contribution is -2.36. The maximum atomic E-state index is 12.7. The molecule has 1 aliphatic heterocycles. The maximum Gasteiger partial charge on any atom is 0.294 e. The summed E-state index contributed by atoms with van der Waals surface area (Å²) in [6.07, 6.45) is 1.52. The first-order valence-corrected chi connectivity index (χ1v) is 11.4. The van der Waals surface area contributed by atoms with Gasteiger partial charge in [0.15, 0.2) is 0 Å². The summed E-state index contributed by atoms with van der Waals surface area (Å²) < 4.78 is 6.77. The number of rotatable bonds is 5. The highest BCUT2D eigenvalue weighted by molar-refractivity contribution is 9.10. The van der Waals surface area contributed by atoms with E-state index in [0.29, 0.717) is 17.2 Å². The normalized spacial score (nSPS) is 15.0. The van der Waals surface area contributed by atoms with Crippen LogP contribution in [-0.2, 0) is 9.59 Å². The summed E-state index contributed by atoms with van der Waals surface area (Å²) >= 11 is 4.19. The minimum Gasteiger partial charge on any atom is -0.457 e. The van der Waals surface area contributed by atoms with Gasteiger partial charge in [0.05, 0.1) is 4.91 Å². The van der Waals surface area contributed by atoms with Crippen LogP contribution in [-0.4, -0.2) is 28.5 Å². The van der Waals surface area contributed by atoms with Crippen LogP contribution in [0.15, 0.2) is 68.4 Å². The van der Waals surface area contributed by atoms with E-state index in [1.165, 1.54) is 6.08 Å². The van der Waals surface area contributed by atoms with Crippen LogP contribution in [0.25, 0.3) is 17.4 Å². The fourth-order valence-corrected chi connectivity index (χ4v) is 4.38. The van der Waals surface area contributed by atoms with E-state index >= 15 is 0 Å². The largest absolute Gasteiger partial charge is 0.457 e. The third-order valence-electron chi connectivity index (χ3n) is 4.95. The maximum absolute atomic E-state index is 12.7. The number of aryl methyl sites for hydroxylation is 2. The van der Waals surface area contributed by atoms with Crippen LogP contribution in [0, 0.1) is 13.8 Å². The first-order valence-electron chi connectivity index (χ1n) is 9.79. The van der Waals surface area contributed by atoms with Gasteiger partial charge in [-0.15, -0.1) is 0 Å². The van der Waals surface area contributed by atoms with Gasteiger partial charge in [-0.05, 0) is 61.0 Å². The average molecular weight is 511 g/mol. The molecule has 1 saturated heterocycles. The molecule has 1 aliphatic rings. The number of imide groups is 1. The molecule has 0 atom stereocenters. The van der Waals surface area contributed by atoms with E-state index in [1.807, 2.05) is 56.3 Å². The Hall–Kier alpha value is -3.10. The van der Waals surface area contributed by atoms with Crippen molar-refractivity contribution in [3.63, 3.8) is 0 Å². The Morgan fingerprint density at radius 1 is 1.06 bits per heavy atom. The average Bonchev–Trinajstić information content (AvgIpc) is 3.32. The number of amides is 3. The third-order valence-corrected chi connectivity index (χ3v) is 6.39. The van der Waals surface area contributed by atoms with Gasteiger partial charge in [0.2, 0.25) is 5.91 Å². The predicted octanol–water partition coefficient (Wildman–Crippen LogP) is 6.00. The molecule has 3 aromatic rings. The van der Waals surface area contributed by atoms with Crippen molar-refractivity contribution in [3.05, 3.63) is 80.9 Å². The van der Waals surface area contributed by atoms with Gasteiger partial charge in [-0.3, -0.25) is 19.3 Å². The van der Waals surface area contributed by atoms with Gasteiger partial charge < -0.3 is 9.73 Å². The van der Waals surface area contributed by atoms with E-state index < -0.39 is 17.1 Å². The van der Waals surface area contributed by atoms with Crippen molar-refractivity contribution in [2.75, 3.05) is 11.9 Å². The number of halogens is 1. The van der Waals surface area contributed by atoms with Crippen molar-refractivity contribution in [1.29, 1.82) is 0 Å². The van der Waals surface area contributed by atoms with E-state index in [2.05, 4.69) is 21.2 Å². The van der Waals surface area contributed by atoms with E-state index in [-0.39, 0.29) is 11.4 Å². The SMILES string of the molecule is Cc1cccc(C)c1NC(=O)CN1C(=O)S/C(=C/c2ccc(-c3ccc(Br)cc3)o2)C1=O. The summed E-state index contributed by atoms with van der Waals surface area (Å²) in [6.45, 7) is 3.42. The summed E-state index contributed by atoms with van der Waals surface area (Å²) in [5.41, 5.74) is 3.40. The second-order valence-corrected chi connectivity index (χ2v) is 9.20. The van der Waals surface area contributed by atoms with Gasteiger partial charge in [0, 0.05) is 21.8 Å². The molecule has 2 aromatic carbocycles. The van der Waals surface area contributed by atoms with Crippen LogP contribution in [0.3, 0.4) is 0 Å². The van der Waals surface area contributed by atoms with E-state index in [1.54, 1.807) is 12.1 Å². The fourth-order valence-electron chi connectivity index (χ4n) is 3.30. The number of carbonyl (C=O) groups excluding carboxylic acids is 3. The first-order chi connectivity index (χ1) is 15.3. The molecule has 3 amide bonds. The smallest absolute Gasteiger partial charge is 0.294 e. The predicted molar refractivity (Wildman–Crippen MR) is 129 cm³/mol. The van der Waals surface area contributed by atoms with Gasteiger partial charge in [-0.2, -0.15) is 0 Å². The van der Waals surface area contributed by atoms with Crippen molar-refractivity contribution in [2.24, 2.45) is 0 Å². The molecule has 0 radical (unpaired) electrons. The van der Waals surface area contributed by atoms with E-state index in [9.17, 15) is 14.4 Å². The topological polar surface area (TPSA) is 79.6 Å². The fraction of sp³-hybridized carbons (Fsp3) is 0.125. The molecule has 0 spiro atoms. The molecule has 2 heterocycles. The zero-order valence-corrected chi connectivity index (χ0v) is 19.7. The first kappa shape index (κ1) is 22.1. The molecular weight excluding hydrogens is 492 g/mol. The Bertz CT molecular complexity index is 1230. The summed E-state index contributed by atoms with van der Waals surface area (Å²) in [5, 5.41) is 2.31. The van der Waals surface area contributed by atoms with Crippen LogP contribution in [0.2, 0.25) is 0 Å². The van der Waals surface area contributed by atoms with Crippen LogP contribution in [0.1, 0.15) is 16.9 Å². The Balaban J connectivity index is 1.46. The van der Waals surface area contributed by atoms with Crippen LogP contribution in [0.4, 0.5) is 10.5 Å². The number of nitrogens with one attached hydrogen (secondary N) is 1. The number of hydrogen-bond acceptors (Lipinski definition) is 5. The van der Waals surface area contributed by atoms with Gasteiger partial charge in [-0.1, -0.05) is 46.3 Å². The lowest BCUT2D eigenvalue weighted by atomic mass is 10.1. The Labute approximate surface area is 197 Å². The second-order valence-electron chi connectivity index (χ2n) is 7.29. The van der Waals surface area contributed by atoms with Gasteiger partial charge in [-0.25, -0.2) is 0 Å². The number of anilines is 1. The molecule has 0 bridgehead atoms. The molecule has 1 N–H and O–H groups in total. The van der Waals surface area contributed by atoms with Crippen molar-refractivity contribution < 1.29 is 18.8 Å². The van der Waals surface area contributed by atoms with Gasteiger partial charge >= 0.3 is 0 Å². The third kappa shape index (κ3) is 4.71. The second kappa shape index (κ2) is 9.18. The number of hydrogen-bond donors (Lipinski definition) is 1. The van der Waals surface area contributed by atoms with Crippen molar-refractivity contribution >= 4 is 56.5 Å². The minimum absolute atomic E-state index is 0.214. The highest BCUT2D eigenvalue weighted by atomic mass is 79.9. The zero-order chi connectivity index (χ0) is 22.8. The molecule has 0 aliphatic carbocycles. The highest BCUT2D eigenvalue weighted by Gasteiger charge is 2.36. The van der Waals surface area contributed by atoms with E-state index in [4.69, 9.17) is 4.42 Å². The zero-order valence-electron chi connectivity index (χ0n) is 17.3.